The second-order valence-electron chi connectivity index (χ2n) is 12.7. The number of nitrogens with zero attached hydrogens (tertiary/aromatic N) is 5. The van der Waals surface area contributed by atoms with Crippen molar-refractivity contribution in [2.24, 2.45) is 5.41 Å². The molecule has 4 aliphatic rings. The molecule has 0 radical (unpaired) electrons. The zero-order valence-electron chi connectivity index (χ0n) is 25.0. The maximum absolute atomic E-state index is 12.6. The number of carbonyl (C=O) groups excluding carboxylic acids is 1. The molecular formula is C33H45N5O3. The topological polar surface area (TPSA) is 71.0 Å². The summed E-state index contributed by atoms with van der Waals surface area (Å²) >= 11 is 0. The number of likely N-dealkylation sites (N-methyl/N-ethyl adjacent to an activating group) is 1. The van der Waals surface area contributed by atoms with Gasteiger partial charge in [-0.2, -0.15) is 9.97 Å². The quantitative estimate of drug-likeness (QED) is 0.479. The minimum atomic E-state index is -0.0607. The summed E-state index contributed by atoms with van der Waals surface area (Å²) in [6.45, 7) is 10.1. The highest BCUT2D eigenvalue weighted by atomic mass is 16.5. The number of rotatable bonds is 7. The fourth-order valence-corrected chi connectivity index (χ4v) is 7.74. The van der Waals surface area contributed by atoms with Crippen molar-refractivity contribution >= 4 is 11.7 Å². The van der Waals surface area contributed by atoms with Crippen LogP contribution in [0.2, 0.25) is 0 Å². The molecule has 2 fully saturated rings. The largest absolute Gasteiger partial charge is 0.462 e. The van der Waals surface area contributed by atoms with Crippen molar-refractivity contribution in [2.45, 2.75) is 70.4 Å². The third kappa shape index (κ3) is 5.61. The smallest absolute Gasteiger partial charge is 0.318 e. The van der Waals surface area contributed by atoms with Gasteiger partial charge in [-0.3, -0.25) is 4.79 Å². The minimum absolute atomic E-state index is 0.0455. The van der Waals surface area contributed by atoms with Crippen LogP contribution in [-0.4, -0.2) is 91.3 Å². The lowest BCUT2D eigenvalue weighted by molar-refractivity contribution is -0.129. The number of ether oxygens (including phenoxy) is 2. The van der Waals surface area contributed by atoms with E-state index >= 15 is 0 Å². The van der Waals surface area contributed by atoms with Gasteiger partial charge in [0.25, 0.3) is 0 Å². The first-order chi connectivity index (χ1) is 19.9. The van der Waals surface area contributed by atoms with E-state index in [1.165, 1.54) is 35.6 Å². The number of benzene rings is 1. The van der Waals surface area contributed by atoms with Crippen LogP contribution in [0.3, 0.4) is 0 Å². The molecule has 0 N–H and O–H groups in total. The van der Waals surface area contributed by atoms with E-state index in [2.05, 4.69) is 48.5 Å². The first kappa shape index (κ1) is 28.2. The van der Waals surface area contributed by atoms with E-state index in [-0.39, 0.29) is 17.4 Å². The normalized spacial score (nSPS) is 26.1. The number of aromatic nitrogens is 2. The van der Waals surface area contributed by atoms with Gasteiger partial charge in [0.15, 0.2) is 0 Å². The van der Waals surface area contributed by atoms with Crippen LogP contribution in [0.1, 0.15) is 53.6 Å². The van der Waals surface area contributed by atoms with Crippen molar-refractivity contribution in [2.75, 3.05) is 58.5 Å². The Labute approximate surface area is 244 Å². The van der Waals surface area contributed by atoms with Crippen LogP contribution in [0.25, 0.3) is 0 Å². The van der Waals surface area contributed by atoms with Gasteiger partial charge in [0.05, 0.1) is 18.3 Å². The lowest BCUT2D eigenvalue weighted by atomic mass is 9.63. The van der Waals surface area contributed by atoms with Gasteiger partial charge in [0.1, 0.15) is 12.4 Å². The van der Waals surface area contributed by atoms with Crippen LogP contribution in [0.15, 0.2) is 30.9 Å². The van der Waals surface area contributed by atoms with E-state index in [0.29, 0.717) is 44.9 Å². The molecule has 0 unspecified atom stereocenters. The van der Waals surface area contributed by atoms with Crippen molar-refractivity contribution in [3.05, 3.63) is 58.8 Å². The van der Waals surface area contributed by atoms with Gasteiger partial charge in [-0.25, -0.2) is 0 Å². The second-order valence-corrected chi connectivity index (χ2v) is 12.7. The SMILES string of the molecule is C=CC(=O)N1CCN(c2nc(OC[C@@H]3CCCN3C)nc3c2CC[C@]2(CCc4c(C)cccc4C2)C3)C[C@@H]1COC. The van der Waals surface area contributed by atoms with Gasteiger partial charge in [-0.15, -0.1) is 0 Å². The molecule has 3 atom stereocenters. The average Bonchev–Trinajstić information content (AvgIpc) is 3.39. The summed E-state index contributed by atoms with van der Waals surface area (Å²) in [7, 11) is 3.86. The fourth-order valence-electron chi connectivity index (χ4n) is 7.74. The van der Waals surface area contributed by atoms with E-state index in [9.17, 15) is 4.79 Å². The number of methoxy groups -OCH3 is 1. The number of piperazine rings is 1. The van der Waals surface area contributed by atoms with Crippen molar-refractivity contribution in [3.8, 4) is 6.01 Å². The molecule has 8 heteroatoms. The molecule has 2 aliphatic heterocycles. The van der Waals surface area contributed by atoms with E-state index < -0.39 is 0 Å². The molecule has 1 aromatic heterocycles. The average molecular weight is 560 g/mol. The number of aryl methyl sites for hydroxylation is 1. The minimum Gasteiger partial charge on any atom is -0.462 e. The van der Waals surface area contributed by atoms with Crippen LogP contribution in [-0.2, 0) is 35.2 Å². The Morgan fingerprint density at radius 3 is 2.68 bits per heavy atom. The third-order valence-corrected chi connectivity index (χ3v) is 10.2. The van der Waals surface area contributed by atoms with Gasteiger partial charge in [-0.1, -0.05) is 24.8 Å². The first-order valence-electron chi connectivity index (χ1n) is 15.4. The Morgan fingerprint density at radius 2 is 1.93 bits per heavy atom. The molecule has 2 aromatic rings. The Hall–Kier alpha value is -2.97. The fraction of sp³-hybridized carbons (Fsp3) is 0.606. The standard InChI is InChI=1S/C33H45N5O3/c1-5-30(39)38-17-16-37(20-26(38)21-40-4)31-28-12-14-33(13-11-27-23(2)8-6-9-24(27)18-33)19-29(28)34-32(35-31)41-22-25-10-7-15-36(25)3/h5-6,8-9,25-26H,1,7,10-22H2,2-4H3/t25-,26+,33-/m0/s1. The van der Waals surface area contributed by atoms with E-state index in [1.54, 1.807) is 12.7 Å². The van der Waals surface area contributed by atoms with Gasteiger partial charge < -0.3 is 24.2 Å². The molecule has 0 saturated carbocycles. The van der Waals surface area contributed by atoms with Crippen LogP contribution in [0.4, 0.5) is 5.82 Å². The molecule has 41 heavy (non-hydrogen) atoms. The van der Waals surface area contributed by atoms with E-state index in [4.69, 9.17) is 19.4 Å². The summed E-state index contributed by atoms with van der Waals surface area (Å²) in [6.07, 6.45) is 10.3. The molecule has 220 valence electrons. The summed E-state index contributed by atoms with van der Waals surface area (Å²) in [5.74, 6) is 0.939. The van der Waals surface area contributed by atoms with Gasteiger partial charge in [0, 0.05) is 38.3 Å². The summed E-state index contributed by atoms with van der Waals surface area (Å²) in [6, 6.07) is 7.63. The third-order valence-electron chi connectivity index (χ3n) is 10.2. The van der Waals surface area contributed by atoms with E-state index in [0.717, 1.165) is 56.6 Å². The predicted octanol–water partition coefficient (Wildman–Crippen LogP) is 3.77. The van der Waals surface area contributed by atoms with Gasteiger partial charge in [0.2, 0.25) is 5.91 Å². The number of likely N-dealkylation sites (tertiary alicyclic amines) is 1. The molecule has 1 spiro atoms. The molecule has 0 bridgehead atoms. The number of fused-ring (bicyclic) bond motifs is 2. The molecule has 6 rings (SSSR count). The molecule has 3 heterocycles. The number of hydrogen-bond donors (Lipinski definition) is 0. The molecule has 8 nitrogen and oxygen atoms in total. The molecule has 2 aliphatic carbocycles. The highest BCUT2D eigenvalue weighted by molar-refractivity contribution is 5.87. The van der Waals surface area contributed by atoms with Gasteiger partial charge in [-0.05, 0) is 100 Å². The first-order valence-corrected chi connectivity index (χ1v) is 15.4. The molecular weight excluding hydrogens is 514 g/mol. The van der Waals surface area contributed by atoms with Crippen molar-refractivity contribution in [1.29, 1.82) is 0 Å². The Bertz CT molecular complexity index is 1300. The number of anilines is 1. The molecule has 2 saturated heterocycles. The van der Waals surface area contributed by atoms with Crippen molar-refractivity contribution < 1.29 is 14.3 Å². The van der Waals surface area contributed by atoms with Crippen molar-refractivity contribution in [3.63, 3.8) is 0 Å². The molecule has 1 aromatic carbocycles. The van der Waals surface area contributed by atoms with Crippen molar-refractivity contribution in [1.82, 2.24) is 19.8 Å². The Balaban J connectivity index is 1.30. The highest BCUT2D eigenvalue weighted by Crippen LogP contribution is 2.47. The number of amides is 1. The summed E-state index contributed by atoms with van der Waals surface area (Å²) in [5.41, 5.74) is 7.13. The second kappa shape index (κ2) is 11.7. The van der Waals surface area contributed by atoms with E-state index in [1.807, 2.05) is 4.90 Å². The van der Waals surface area contributed by atoms with Crippen LogP contribution in [0.5, 0.6) is 6.01 Å². The molecule has 1 amide bonds. The van der Waals surface area contributed by atoms with Crippen LogP contribution >= 0.6 is 0 Å². The number of carbonyl (C=O) groups is 1. The summed E-state index contributed by atoms with van der Waals surface area (Å²) in [5, 5.41) is 0. The van der Waals surface area contributed by atoms with Crippen LogP contribution < -0.4 is 9.64 Å². The monoisotopic (exact) mass is 559 g/mol. The summed E-state index contributed by atoms with van der Waals surface area (Å²) in [4.78, 5) is 29.4. The number of hydrogen-bond acceptors (Lipinski definition) is 7. The predicted molar refractivity (Wildman–Crippen MR) is 161 cm³/mol. The van der Waals surface area contributed by atoms with Crippen LogP contribution in [0, 0.1) is 12.3 Å². The Morgan fingerprint density at radius 1 is 1.10 bits per heavy atom. The lowest BCUT2D eigenvalue weighted by Gasteiger charge is -2.44. The highest BCUT2D eigenvalue weighted by Gasteiger charge is 2.41. The zero-order chi connectivity index (χ0) is 28.6. The zero-order valence-corrected chi connectivity index (χ0v) is 25.0. The summed E-state index contributed by atoms with van der Waals surface area (Å²) < 4.78 is 11.9. The Kier molecular flexibility index (Phi) is 8.05. The maximum Gasteiger partial charge on any atom is 0.318 e. The lowest BCUT2D eigenvalue weighted by Crippen LogP contribution is -2.57. The maximum atomic E-state index is 12.6. The van der Waals surface area contributed by atoms with Gasteiger partial charge >= 0.3 is 6.01 Å².